The standard InChI is InChI=1S/C14H15N3O/c1-10-3-5-12(6-4-10)17-14(18)11-7-8-16-13(9-11)15-2/h3-9H,1-2H3,(H,15,16)(H,17,18). The first-order valence-corrected chi connectivity index (χ1v) is 5.71. The molecule has 4 nitrogen and oxygen atoms in total. The van der Waals surface area contributed by atoms with Gasteiger partial charge < -0.3 is 10.6 Å². The van der Waals surface area contributed by atoms with Gasteiger partial charge in [0, 0.05) is 24.5 Å². The molecule has 1 aromatic carbocycles. The molecule has 1 amide bonds. The topological polar surface area (TPSA) is 54.0 Å². The molecule has 0 fully saturated rings. The van der Waals surface area contributed by atoms with Crippen LogP contribution in [0.25, 0.3) is 0 Å². The van der Waals surface area contributed by atoms with Crippen LogP contribution in [-0.2, 0) is 0 Å². The Morgan fingerprint density at radius 2 is 1.89 bits per heavy atom. The van der Waals surface area contributed by atoms with Crippen LogP contribution in [0.3, 0.4) is 0 Å². The van der Waals surface area contributed by atoms with E-state index in [1.54, 1.807) is 25.4 Å². The Morgan fingerprint density at radius 1 is 1.17 bits per heavy atom. The van der Waals surface area contributed by atoms with Crippen LogP contribution >= 0.6 is 0 Å². The van der Waals surface area contributed by atoms with Crippen molar-refractivity contribution in [2.45, 2.75) is 6.92 Å². The summed E-state index contributed by atoms with van der Waals surface area (Å²) in [4.78, 5) is 16.1. The first kappa shape index (κ1) is 12.1. The number of benzene rings is 1. The SMILES string of the molecule is CNc1cc(C(=O)Nc2ccc(C)cc2)ccn1. The van der Waals surface area contributed by atoms with Gasteiger partial charge in [-0.05, 0) is 31.2 Å². The number of hydrogen-bond donors (Lipinski definition) is 2. The van der Waals surface area contributed by atoms with E-state index in [4.69, 9.17) is 0 Å². The zero-order chi connectivity index (χ0) is 13.0. The summed E-state index contributed by atoms with van der Waals surface area (Å²) < 4.78 is 0. The molecule has 0 saturated carbocycles. The van der Waals surface area contributed by atoms with Crippen LogP contribution in [0.5, 0.6) is 0 Å². The van der Waals surface area contributed by atoms with E-state index >= 15 is 0 Å². The predicted octanol–water partition coefficient (Wildman–Crippen LogP) is 2.68. The average molecular weight is 241 g/mol. The summed E-state index contributed by atoms with van der Waals surface area (Å²) in [6.45, 7) is 2.01. The van der Waals surface area contributed by atoms with E-state index in [1.165, 1.54) is 0 Å². The minimum atomic E-state index is -0.141. The Balaban J connectivity index is 2.14. The van der Waals surface area contributed by atoms with Crippen LogP contribution in [0.2, 0.25) is 0 Å². The van der Waals surface area contributed by atoms with Gasteiger partial charge in [0.05, 0.1) is 0 Å². The molecular weight excluding hydrogens is 226 g/mol. The van der Waals surface area contributed by atoms with Crippen molar-refractivity contribution in [2.75, 3.05) is 17.7 Å². The average Bonchev–Trinajstić information content (AvgIpc) is 2.41. The van der Waals surface area contributed by atoms with Gasteiger partial charge in [0.1, 0.15) is 5.82 Å². The van der Waals surface area contributed by atoms with Gasteiger partial charge in [-0.3, -0.25) is 4.79 Å². The van der Waals surface area contributed by atoms with Crippen LogP contribution in [0, 0.1) is 6.92 Å². The first-order chi connectivity index (χ1) is 8.69. The Labute approximate surface area is 106 Å². The second kappa shape index (κ2) is 5.31. The van der Waals surface area contributed by atoms with Crippen LogP contribution < -0.4 is 10.6 Å². The number of carbonyl (C=O) groups excluding carboxylic acids is 1. The van der Waals surface area contributed by atoms with E-state index in [-0.39, 0.29) is 5.91 Å². The number of anilines is 2. The molecule has 0 aliphatic heterocycles. The molecule has 0 aliphatic rings. The van der Waals surface area contributed by atoms with Crippen molar-refractivity contribution in [1.82, 2.24) is 4.98 Å². The fourth-order valence-corrected chi connectivity index (χ4v) is 1.55. The van der Waals surface area contributed by atoms with Crippen molar-refractivity contribution >= 4 is 17.4 Å². The van der Waals surface area contributed by atoms with Gasteiger partial charge in [-0.1, -0.05) is 17.7 Å². The maximum atomic E-state index is 12.0. The van der Waals surface area contributed by atoms with Gasteiger partial charge in [-0.15, -0.1) is 0 Å². The number of aromatic nitrogens is 1. The molecule has 0 radical (unpaired) electrons. The zero-order valence-electron chi connectivity index (χ0n) is 10.4. The molecule has 0 atom stereocenters. The molecule has 1 aromatic heterocycles. The summed E-state index contributed by atoms with van der Waals surface area (Å²) >= 11 is 0. The lowest BCUT2D eigenvalue weighted by atomic mass is 10.2. The highest BCUT2D eigenvalue weighted by atomic mass is 16.1. The summed E-state index contributed by atoms with van der Waals surface area (Å²) in [6, 6.07) is 11.1. The van der Waals surface area contributed by atoms with Gasteiger partial charge in [0.2, 0.25) is 0 Å². The van der Waals surface area contributed by atoms with E-state index < -0.39 is 0 Å². The highest BCUT2D eigenvalue weighted by Crippen LogP contribution is 2.12. The van der Waals surface area contributed by atoms with Gasteiger partial charge in [0.25, 0.3) is 5.91 Å². The monoisotopic (exact) mass is 241 g/mol. The predicted molar refractivity (Wildman–Crippen MR) is 72.9 cm³/mol. The molecule has 1 heterocycles. The Hall–Kier alpha value is -2.36. The fraction of sp³-hybridized carbons (Fsp3) is 0.143. The van der Waals surface area contributed by atoms with E-state index in [0.29, 0.717) is 11.4 Å². The van der Waals surface area contributed by atoms with Crippen LogP contribution in [0.1, 0.15) is 15.9 Å². The van der Waals surface area contributed by atoms with Crippen molar-refractivity contribution in [3.63, 3.8) is 0 Å². The molecular formula is C14H15N3O. The number of rotatable bonds is 3. The Kier molecular flexibility index (Phi) is 3.57. The van der Waals surface area contributed by atoms with Gasteiger partial charge >= 0.3 is 0 Å². The van der Waals surface area contributed by atoms with E-state index in [9.17, 15) is 4.79 Å². The molecule has 92 valence electrons. The van der Waals surface area contributed by atoms with Gasteiger partial charge in [-0.25, -0.2) is 4.98 Å². The summed E-state index contributed by atoms with van der Waals surface area (Å²) in [6.07, 6.45) is 1.61. The third-order valence-electron chi connectivity index (χ3n) is 2.59. The number of pyridine rings is 1. The molecule has 0 aliphatic carbocycles. The third-order valence-corrected chi connectivity index (χ3v) is 2.59. The third kappa shape index (κ3) is 2.85. The second-order valence-corrected chi connectivity index (χ2v) is 4.00. The minimum Gasteiger partial charge on any atom is -0.373 e. The molecule has 2 aromatic rings. The molecule has 0 bridgehead atoms. The highest BCUT2D eigenvalue weighted by Gasteiger charge is 2.06. The number of amides is 1. The van der Waals surface area contributed by atoms with E-state index in [1.807, 2.05) is 31.2 Å². The summed E-state index contributed by atoms with van der Waals surface area (Å²) in [5.41, 5.74) is 2.53. The summed E-state index contributed by atoms with van der Waals surface area (Å²) in [5, 5.41) is 5.74. The molecule has 0 saturated heterocycles. The van der Waals surface area contributed by atoms with E-state index in [2.05, 4.69) is 15.6 Å². The number of aryl methyl sites for hydroxylation is 1. The van der Waals surface area contributed by atoms with Crippen molar-refractivity contribution in [3.05, 3.63) is 53.7 Å². The fourth-order valence-electron chi connectivity index (χ4n) is 1.55. The summed E-state index contributed by atoms with van der Waals surface area (Å²) in [7, 11) is 1.77. The quantitative estimate of drug-likeness (QED) is 0.868. The number of nitrogens with zero attached hydrogens (tertiary/aromatic N) is 1. The van der Waals surface area contributed by atoms with Crippen LogP contribution in [-0.4, -0.2) is 17.9 Å². The molecule has 2 N–H and O–H groups in total. The Morgan fingerprint density at radius 3 is 2.56 bits per heavy atom. The lowest BCUT2D eigenvalue weighted by Crippen LogP contribution is -2.12. The van der Waals surface area contributed by atoms with E-state index in [0.717, 1.165) is 11.3 Å². The second-order valence-electron chi connectivity index (χ2n) is 4.00. The van der Waals surface area contributed by atoms with Crippen molar-refractivity contribution in [2.24, 2.45) is 0 Å². The largest absolute Gasteiger partial charge is 0.373 e. The molecule has 4 heteroatoms. The van der Waals surface area contributed by atoms with Gasteiger partial charge in [-0.2, -0.15) is 0 Å². The summed E-state index contributed by atoms with van der Waals surface area (Å²) in [5.74, 6) is 0.532. The maximum Gasteiger partial charge on any atom is 0.255 e. The van der Waals surface area contributed by atoms with Crippen LogP contribution in [0.15, 0.2) is 42.6 Å². The highest BCUT2D eigenvalue weighted by molar-refractivity contribution is 6.04. The number of carbonyl (C=O) groups is 1. The molecule has 0 spiro atoms. The van der Waals surface area contributed by atoms with Gasteiger partial charge in [0.15, 0.2) is 0 Å². The van der Waals surface area contributed by atoms with Crippen molar-refractivity contribution in [1.29, 1.82) is 0 Å². The van der Waals surface area contributed by atoms with Crippen molar-refractivity contribution < 1.29 is 4.79 Å². The number of nitrogens with one attached hydrogen (secondary N) is 2. The molecule has 0 unspecified atom stereocenters. The Bertz CT molecular complexity index is 549. The lowest BCUT2D eigenvalue weighted by Gasteiger charge is -2.06. The first-order valence-electron chi connectivity index (χ1n) is 5.71. The number of hydrogen-bond acceptors (Lipinski definition) is 3. The minimum absolute atomic E-state index is 0.141. The zero-order valence-corrected chi connectivity index (χ0v) is 10.4. The normalized spacial score (nSPS) is 9.89. The van der Waals surface area contributed by atoms with Crippen molar-refractivity contribution in [3.8, 4) is 0 Å². The molecule has 2 rings (SSSR count). The maximum absolute atomic E-state index is 12.0. The smallest absolute Gasteiger partial charge is 0.255 e. The molecule has 18 heavy (non-hydrogen) atoms. The lowest BCUT2D eigenvalue weighted by molar-refractivity contribution is 0.102. The van der Waals surface area contributed by atoms with Crippen LogP contribution in [0.4, 0.5) is 11.5 Å².